The fraction of sp³-hybridized carbons (Fsp3) is 0.929. The number of aliphatic hydroxyl groups excluding tert-OH is 2. The first kappa shape index (κ1) is 22.8. The summed E-state index contributed by atoms with van der Waals surface area (Å²) < 4.78 is 0. The minimum Gasteiger partial charge on any atom is -0.396 e. The molecule has 4 saturated carbocycles. The summed E-state index contributed by atoms with van der Waals surface area (Å²) in [7, 11) is 0. The van der Waals surface area contributed by atoms with Gasteiger partial charge in [0.25, 0.3) is 0 Å². The first-order chi connectivity index (χ1) is 14.3. The van der Waals surface area contributed by atoms with E-state index in [-0.39, 0.29) is 6.10 Å². The van der Waals surface area contributed by atoms with Crippen molar-refractivity contribution in [1.82, 2.24) is 0 Å². The molecule has 0 aliphatic heterocycles. The average molecular weight is 417 g/mol. The Morgan fingerprint density at radius 3 is 2.33 bits per heavy atom. The van der Waals surface area contributed by atoms with Gasteiger partial charge in [0.2, 0.25) is 0 Å². The summed E-state index contributed by atoms with van der Waals surface area (Å²) in [5.41, 5.74) is 2.60. The number of hydrogen-bond donors (Lipinski definition) is 2. The van der Waals surface area contributed by atoms with E-state index in [2.05, 4.69) is 33.8 Å². The Bertz CT molecular complexity index is 622. The van der Waals surface area contributed by atoms with Crippen LogP contribution in [0.3, 0.4) is 0 Å². The van der Waals surface area contributed by atoms with Crippen LogP contribution in [-0.4, -0.2) is 22.9 Å². The molecule has 0 heterocycles. The minimum atomic E-state index is -0.0890. The quantitative estimate of drug-likeness (QED) is 0.451. The van der Waals surface area contributed by atoms with Gasteiger partial charge in [-0.05, 0) is 130 Å². The number of hydrogen-bond acceptors (Lipinski definition) is 2. The van der Waals surface area contributed by atoms with E-state index in [1.807, 2.05) is 0 Å². The van der Waals surface area contributed by atoms with Gasteiger partial charge in [-0.2, -0.15) is 0 Å². The van der Waals surface area contributed by atoms with E-state index in [0.29, 0.717) is 23.4 Å². The lowest BCUT2D eigenvalue weighted by Crippen LogP contribution is -2.47. The smallest absolute Gasteiger partial charge is 0.0546 e. The molecule has 8 atom stereocenters. The maximum absolute atomic E-state index is 10.6. The van der Waals surface area contributed by atoms with E-state index >= 15 is 0 Å². The van der Waals surface area contributed by atoms with E-state index < -0.39 is 0 Å². The van der Waals surface area contributed by atoms with Crippen molar-refractivity contribution in [2.45, 2.75) is 111 Å². The maximum atomic E-state index is 10.6. The molecule has 0 radical (unpaired) electrons. The Morgan fingerprint density at radius 2 is 1.67 bits per heavy atom. The van der Waals surface area contributed by atoms with E-state index in [1.54, 1.807) is 5.57 Å². The van der Waals surface area contributed by atoms with Gasteiger partial charge >= 0.3 is 0 Å². The van der Waals surface area contributed by atoms with Crippen LogP contribution in [0.25, 0.3) is 0 Å². The predicted octanol–water partition coefficient (Wildman–Crippen LogP) is 6.75. The van der Waals surface area contributed by atoms with Gasteiger partial charge in [-0.15, -0.1) is 0 Å². The van der Waals surface area contributed by atoms with E-state index in [9.17, 15) is 10.2 Å². The Hall–Kier alpha value is -0.340. The number of aliphatic hydroxyl groups is 2. The molecule has 4 aliphatic carbocycles. The molecule has 0 aromatic heterocycles. The molecule has 0 spiro atoms. The second-order valence-electron chi connectivity index (χ2n) is 12.3. The fourth-order valence-electron chi connectivity index (χ4n) is 8.67. The van der Waals surface area contributed by atoms with Crippen molar-refractivity contribution in [1.29, 1.82) is 0 Å². The highest BCUT2D eigenvalue weighted by Crippen LogP contribution is 2.64. The van der Waals surface area contributed by atoms with Gasteiger partial charge in [-0.1, -0.05) is 32.4 Å². The largest absolute Gasteiger partial charge is 0.396 e. The standard InChI is InChI=1S/C28H48O2/c1-5-24(20-8-9-20)26-18-23(30)13-15-28(26,4)22-12-14-27(3)21(17-22)10-11-25(27)19(2)7-6-16-29/h5,19-23,25-26,29-30H,6-18H2,1-4H3/b24-5-/t19-,21?,22?,23-,25-,26+,27+,28-/m1/s1. The highest BCUT2D eigenvalue weighted by Gasteiger charge is 2.55. The van der Waals surface area contributed by atoms with E-state index in [1.165, 1.54) is 57.8 Å². The SMILES string of the molecule is C/C=C(/C1CC1)[C@@H]1C[C@H](O)CC[C@]1(C)C1CC[C@@]2(C)C(CC[C@@H]2[C@H](C)CCCO)C1. The van der Waals surface area contributed by atoms with Crippen molar-refractivity contribution >= 4 is 0 Å². The van der Waals surface area contributed by atoms with Gasteiger partial charge in [0.15, 0.2) is 0 Å². The van der Waals surface area contributed by atoms with Crippen molar-refractivity contribution in [2.24, 2.45) is 46.3 Å². The van der Waals surface area contributed by atoms with Gasteiger partial charge in [0.1, 0.15) is 0 Å². The summed E-state index contributed by atoms with van der Waals surface area (Å²) in [5, 5.41) is 19.9. The van der Waals surface area contributed by atoms with Gasteiger partial charge in [-0.25, -0.2) is 0 Å². The third kappa shape index (κ3) is 4.05. The molecule has 30 heavy (non-hydrogen) atoms. The van der Waals surface area contributed by atoms with E-state index in [4.69, 9.17) is 0 Å². The fourth-order valence-corrected chi connectivity index (χ4v) is 8.67. The molecule has 0 aromatic carbocycles. The van der Waals surface area contributed by atoms with Crippen molar-refractivity contribution in [2.75, 3.05) is 6.61 Å². The Balaban J connectivity index is 1.50. The van der Waals surface area contributed by atoms with Crippen molar-refractivity contribution in [3.05, 3.63) is 11.6 Å². The zero-order chi connectivity index (χ0) is 21.5. The van der Waals surface area contributed by atoms with Crippen LogP contribution < -0.4 is 0 Å². The molecule has 0 amide bonds. The summed E-state index contributed by atoms with van der Waals surface area (Å²) in [6, 6.07) is 0. The lowest BCUT2D eigenvalue weighted by atomic mass is 9.50. The average Bonchev–Trinajstić information content (AvgIpc) is 3.50. The normalized spacial score (nSPS) is 45.9. The Morgan fingerprint density at radius 1 is 0.967 bits per heavy atom. The van der Waals surface area contributed by atoms with Crippen LogP contribution in [-0.2, 0) is 0 Å². The Labute approximate surface area is 185 Å². The lowest BCUT2D eigenvalue weighted by Gasteiger charge is -2.55. The molecule has 172 valence electrons. The summed E-state index contributed by atoms with van der Waals surface area (Å²) in [5.74, 6) is 4.74. The monoisotopic (exact) mass is 416 g/mol. The summed E-state index contributed by atoms with van der Waals surface area (Å²) in [4.78, 5) is 0. The summed E-state index contributed by atoms with van der Waals surface area (Å²) in [6.45, 7) is 10.3. The topological polar surface area (TPSA) is 40.5 Å². The molecule has 0 aromatic rings. The zero-order valence-electron chi connectivity index (χ0n) is 20.2. The summed E-state index contributed by atoms with van der Waals surface area (Å²) >= 11 is 0. The van der Waals surface area contributed by atoms with Gasteiger partial charge in [0.05, 0.1) is 6.10 Å². The first-order valence-corrected chi connectivity index (χ1v) is 13.3. The van der Waals surface area contributed by atoms with Crippen LogP contribution in [0.15, 0.2) is 11.6 Å². The van der Waals surface area contributed by atoms with Crippen molar-refractivity contribution in [3.8, 4) is 0 Å². The molecule has 4 fully saturated rings. The minimum absolute atomic E-state index is 0.0890. The van der Waals surface area contributed by atoms with Crippen LogP contribution in [0.5, 0.6) is 0 Å². The molecule has 4 rings (SSSR count). The molecule has 2 N–H and O–H groups in total. The molecule has 2 unspecified atom stereocenters. The van der Waals surface area contributed by atoms with Crippen molar-refractivity contribution in [3.63, 3.8) is 0 Å². The third-order valence-electron chi connectivity index (χ3n) is 10.7. The highest BCUT2D eigenvalue weighted by molar-refractivity contribution is 5.21. The van der Waals surface area contributed by atoms with Crippen LogP contribution in [0, 0.1) is 46.3 Å². The number of fused-ring (bicyclic) bond motifs is 1. The van der Waals surface area contributed by atoms with Gasteiger partial charge < -0.3 is 10.2 Å². The van der Waals surface area contributed by atoms with Crippen LogP contribution in [0.4, 0.5) is 0 Å². The van der Waals surface area contributed by atoms with Gasteiger partial charge in [-0.3, -0.25) is 0 Å². The molecule has 2 nitrogen and oxygen atoms in total. The van der Waals surface area contributed by atoms with Crippen molar-refractivity contribution < 1.29 is 10.2 Å². The van der Waals surface area contributed by atoms with Crippen LogP contribution >= 0.6 is 0 Å². The highest BCUT2D eigenvalue weighted by atomic mass is 16.3. The molecular formula is C28H48O2. The molecule has 0 saturated heterocycles. The maximum Gasteiger partial charge on any atom is 0.0546 e. The molecule has 4 aliphatic rings. The second-order valence-corrected chi connectivity index (χ2v) is 12.3. The number of rotatable bonds is 7. The number of allylic oxidation sites excluding steroid dienone is 2. The Kier molecular flexibility index (Phi) is 6.77. The predicted molar refractivity (Wildman–Crippen MR) is 125 cm³/mol. The van der Waals surface area contributed by atoms with Crippen LogP contribution in [0.2, 0.25) is 0 Å². The molecule has 0 bridgehead atoms. The zero-order valence-corrected chi connectivity index (χ0v) is 20.2. The second kappa shape index (κ2) is 8.89. The molecular weight excluding hydrogens is 368 g/mol. The lowest BCUT2D eigenvalue weighted by molar-refractivity contribution is -0.0531. The van der Waals surface area contributed by atoms with Gasteiger partial charge in [0, 0.05) is 6.61 Å². The third-order valence-corrected chi connectivity index (χ3v) is 10.7. The molecule has 2 heteroatoms. The first-order valence-electron chi connectivity index (χ1n) is 13.3. The van der Waals surface area contributed by atoms with E-state index in [0.717, 1.165) is 48.9 Å². The van der Waals surface area contributed by atoms with Crippen LogP contribution in [0.1, 0.15) is 105 Å². The summed E-state index contributed by atoms with van der Waals surface area (Å²) in [6.07, 6.45) is 17.5.